The summed E-state index contributed by atoms with van der Waals surface area (Å²) in [4.78, 5) is 31.7. The molecule has 0 radical (unpaired) electrons. The van der Waals surface area contributed by atoms with E-state index >= 15 is 0 Å². The van der Waals surface area contributed by atoms with E-state index in [-0.39, 0.29) is 48.4 Å². The molecule has 3 aromatic rings. The summed E-state index contributed by atoms with van der Waals surface area (Å²) in [6, 6.07) is 3.14. The average molecular weight is 421 g/mol. The molecule has 10 heteroatoms. The fourth-order valence-corrected chi connectivity index (χ4v) is 3.17. The van der Waals surface area contributed by atoms with E-state index in [9.17, 15) is 18.4 Å². The molecule has 2 heterocycles. The topological polar surface area (TPSA) is 94.3 Å². The Morgan fingerprint density at radius 2 is 2.14 bits per heavy atom. The summed E-state index contributed by atoms with van der Waals surface area (Å²) >= 11 is 1.20. The minimum Gasteiger partial charge on any atom is -0.466 e. The standard InChI is InChI=1S/C19H17F2N3O4S/c1-2-27-18(26)8-12-10-29-19(23-12)24-16(25)5-6-17-22-9-15(28-17)13-4-3-11(20)7-14(13)21/h3-4,7,9-10H,2,5-6,8H2,1H3,(H,23,24,25). The number of thiazole rings is 1. The van der Waals surface area contributed by atoms with E-state index in [2.05, 4.69) is 15.3 Å². The van der Waals surface area contributed by atoms with E-state index in [0.29, 0.717) is 17.4 Å². The molecule has 0 saturated carbocycles. The van der Waals surface area contributed by atoms with Gasteiger partial charge in [-0.25, -0.2) is 18.7 Å². The molecule has 0 fully saturated rings. The molecular formula is C19H17F2N3O4S. The number of esters is 1. The second kappa shape index (κ2) is 9.37. The number of nitrogens with one attached hydrogen (secondary N) is 1. The van der Waals surface area contributed by atoms with E-state index in [0.717, 1.165) is 12.1 Å². The number of carbonyl (C=O) groups excluding carboxylic acids is 2. The molecular weight excluding hydrogens is 404 g/mol. The van der Waals surface area contributed by atoms with Crippen molar-refractivity contribution in [3.63, 3.8) is 0 Å². The highest BCUT2D eigenvalue weighted by Crippen LogP contribution is 2.24. The van der Waals surface area contributed by atoms with Gasteiger partial charge in [-0.1, -0.05) is 0 Å². The number of rotatable bonds is 8. The number of halogens is 2. The highest BCUT2D eigenvalue weighted by atomic mass is 32.1. The third-order valence-electron chi connectivity index (χ3n) is 3.74. The summed E-state index contributed by atoms with van der Waals surface area (Å²) < 4.78 is 37.1. The van der Waals surface area contributed by atoms with E-state index in [1.54, 1.807) is 12.3 Å². The van der Waals surface area contributed by atoms with Crippen molar-refractivity contribution in [3.8, 4) is 11.3 Å². The number of nitrogens with zero attached hydrogens (tertiary/aromatic N) is 2. The Bertz CT molecular complexity index is 1020. The number of hydrogen-bond donors (Lipinski definition) is 1. The van der Waals surface area contributed by atoms with Crippen LogP contribution in [0.25, 0.3) is 11.3 Å². The van der Waals surface area contributed by atoms with Gasteiger partial charge in [-0.05, 0) is 19.1 Å². The molecule has 29 heavy (non-hydrogen) atoms. The Kier molecular flexibility index (Phi) is 6.65. The lowest BCUT2D eigenvalue weighted by Crippen LogP contribution is -2.12. The summed E-state index contributed by atoms with van der Waals surface area (Å²) in [6.45, 7) is 2.01. The van der Waals surface area contributed by atoms with Crippen LogP contribution in [0.2, 0.25) is 0 Å². The maximum Gasteiger partial charge on any atom is 0.311 e. The van der Waals surface area contributed by atoms with E-state index in [1.807, 2.05) is 0 Å². The van der Waals surface area contributed by atoms with Gasteiger partial charge in [0.1, 0.15) is 11.6 Å². The van der Waals surface area contributed by atoms with Crippen LogP contribution >= 0.6 is 11.3 Å². The first-order valence-corrected chi connectivity index (χ1v) is 9.62. The lowest BCUT2D eigenvalue weighted by Gasteiger charge is -2.01. The maximum absolute atomic E-state index is 13.8. The Balaban J connectivity index is 1.52. The van der Waals surface area contributed by atoms with E-state index < -0.39 is 11.6 Å². The van der Waals surface area contributed by atoms with Gasteiger partial charge >= 0.3 is 5.97 Å². The molecule has 152 valence electrons. The average Bonchev–Trinajstić information content (AvgIpc) is 3.30. The van der Waals surface area contributed by atoms with Crippen LogP contribution < -0.4 is 5.32 Å². The Labute approximate surface area is 168 Å². The summed E-state index contributed by atoms with van der Waals surface area (Å²) in [5.41, 5.74) is 0.605. The largest absolute Gasteiger partial charge is 0.466 e. The van der Waals surface area contributed by atoms with Crippen LogP contribution in [0, 0.1) is 11.6 Å². The fourth-order valence-electron chi connectivity index (χ4n) is 2.45. The zero-order valence-electron chi connectivity index (χ0n) is 15.4. The quantitative estimate of drug-likeness (QED) is 0.557. The summed E-state index contributed by atoms with van der Waals surface area (Å²) in [6.07, 6.45) is 1.62. The van der Waals surface area contributed by atoms with E-state index in [4.69, 9.17) is 9.15 Å². The number of anilines is 1. The Morgan fingerprint density at radius 3 is 2.90 bits per heavy atom. The van der Waals surface area contributed by atoms with Crippen molar-refractivity contribution in [2.24, 2.45) is 0 Å². The van der Waals surface area contributed by atoms with Crippen LogP contribution in [-0.2, 0) is 27.2 Å². The minimum atomic E-state index is -0.757. The number of hydrogen-bond acceptors (Lipinski definition) is 7. The maximum atomic E-state index is 13.8. The van der Waals surface area contributed by atoms with Crippen molar-refractivity contribution in [3.05, 3.63) is 53.0 Å². The molecule has 0 aliphatic heterocycles. The van der Waals surface area contributed by atoms with Crippen LogP contribution in [0.3, 0.4) is 0 Å². The van der Waals surface area contributed by atoms with E-state index in [1.165, 1.54) is 23.6 Å². The van der Waals surface area contributed by atoms with Gasteiger partial charge in [0.05, 0.1) is 30.5 Å². The first-order valence-electron chi connectivity index (χ1n) is 8.74. The molecule has 0 saturated heterocycles. The predicted molar refractivity (Wildman–Crippen MR) is 101 cm³/mol. The second-order valence-electron chi connectivity index (χ2n) is 5.92. The van der Waals surface area contributed by atoms with Gasteiger partial charge in [0.15, 0.2) is 16.8 Å². The Morgan fingerprint density at radius 1 is 1.31 bits per heavy atom. The van der Waals surface area contributed by atoms with Gasteiger partial charge in [-0.15, -0.1) is 11.3 Å². The van der Waals surface area contributed by atoms with Crippen molar-refractivity contribution in [1.29, 1.82) is 0 Å². The zero-order chi connectivity index (χ0) is 20.8. The highest BCUT2D eigenvalue weighted by molar-refractivity contribution is 7.13. The van der Waals surface area contributed by atoms with Gasteiger partial charge in [-0.2, -0.15) is 0 Å². The van der Waals surface area contributed by atoms with Gasteiger partial charge in [0, 0.05) is 24.3 Å². The first kappa shape index (κ1) is 20.6. The molecule has 0 bridgehead atoms. The van der Waals surface area contributed by atoms with Crippen molar-refractivity contribution in [2.75, 3.05) is 11.9 Å². The molecule has 1 aromatic carbocycles. The van der Waals surface area contributed by atoms with Gasteiger partial charge < -0.3 is 14.5 Å². The molecule has 2 aromatic heterocycles. The molecule has 0 spiro atoms. The fraction of sp³-hybridized carbons (Fsp3) is 0.263. The number of aryl methyl sites for hydroxylation is 1. The van der Waals surface area contributed by atoms with Crippen LogP contribution in [0.5, 0.6) is 0 Å². The van der Waals surface area contributed by atoms with Crippen molar-refractivity contribution in [1.82, 2.24) is 9.97 Å². The number of amides is 1. The lowest BCUT2D eigenvalue weighted by molar-refractivity contribution is -0.142. The van der Waals surface area contributed by atoms with Crippen LogP contribution in [0.1, 0.15) is 24.9 Å². The summed E-state index contributed by atoms with van der Waals surface area (Å²) in [5, 5.41) is 4.68. The number of ether oxygens (including phenoxy) is 1. The second-order valence-corrected chi connectivity index (χ2v) is 6.77. The molecule has 1 amide bonds. The lowest BCUT2D eigenvalue weighted by atomic mass is 10.2. The van der Waals surface area contributed by atoms with Crippen LogP contribution in [0.15, 0.2) is 34.2 Å². The highest BCUT2D eigenvalue weighted by Gasteiger charge is 2.14. The van der Waals surface area contributed by atoms with Crippen LogP contribution in [-0.4, -0.2) is 28.5 Å². The normalized spacial score (nSPS) is 10.7. The van der Waals surface area contributed by atoms with Gasteiger partial charge in [0.25, 0.3) is 0 Å². The summed E-state index contributed by atoms with van der Waals surface area (Å²) in [5.74, 6) is -1.73. The molecule has 0 unspecified atom stereocenters. The molecule has 7 nitrogen and oxygen atoms in total. The van der Waals surface area contributed by atoms with Crippen molar-refractivity contribution < 1.29 is 27.5 Å². The van der Waals surface area contributed by atoms with Crippen LogP contribution in [0.4, 0.5) is 13.9 Å². The molecule has 1 N–H and O–H groups in total. The van der Waals surface area contributed by atoms with Crippen molar-refractivity contribution >= 4 is 28.3 Å². The smallest absolute Gasteiger partial charge is 0.311 e. The van der Waals surface area contributed by atoms with Gasteiger partial charge in [0.2, 0.25) is 5.91 Å². The molecule has 0 aliphatic rings. The minimum absolute atomic E-state index is 0.0409. The predicted octanol–water partition coefficient (Wildman–Crippen LogP) is 3.75. The van der Waals surface area contributed by atoms with Gasteiger partial charge in [-0.3, -0.25) is 9.59 Å². The SMILES string of the molecule is CCOC(=O)Cc1csc(NC(=O)CCc2ncc(-c3ccc(F)cc3F)o2)n1. The summed E-state index contributed by atoms with van der Waals surface area (Å²) in [7, 11) is 0. The molecule has 0 atom stereocenters. The number of aromatic nitrogens is 2. The third-order valence-corrected chi connectivity index (χ3v) is 4.55. The number of oxazole rings is 1. The number of carbonyl (C=O) groups is 2. The monoisotopic (exact) mass is 421 g/mol. The molecule has 0 aliphatic carbocycles. The van der Waals surface area contributed by atoms with Crippen molar-refractivity contribution in [2.45, 2.75) is 26.2 Å². The zero-order valence-corrected chi connectivity index (χ0v) is 16.2. The first-order chi connectivity index (χ1) is 13.9. The number of benzene rings is 1. The Hall–Kier alpha value is -3.14. The molecule has 3 rings (SSSR count). The third kappa shape index (κ3) is 5.67.